The average Bonchev–Trinajstić information content (AvgIpc) is 2.42. The molecule has 1 unspecified atom stereocenters. The Kier molecular flexibility index (Phi) is 6.41. The molecular formula is C16H31N. The largest absolute Gasteiger partial charge is 0.314 e. The maximum Gasteiger partial charge on any atom is 0.00953 e. The van der Waals surface area contributed by atoms with Gasteiger partial charge in [0, 0.05) is 6.04 Å². The Labute approximate surface area is 108 Å². The van der Waals surface area contributed by atoms with Gasteiger partial charge in [0.2, 0.25) is 0 Å². The second kappa shape index (κ2) is 8.13. The Morgan fingerprint density at radius 2 is 1.06 bits per heavy atom. The van der Waals surface area contributed by atoms with Crippen LogP contribution in [0.1, 0.15) is 83.5 Å². The summed E-state index contributed by atoms with van der Waals surface area (Å²) in [6, 6.07) is 0.855. The molecule has 1 saturated carbocycles. The molecule has 0 aromatic heterocycles. The highest BCUT2D eigenvalue weighted by molar-refractivity contribution is 4.79. The van der Waals surface area contributed by atoms with Crippen LogP contribution in [-0.4, -0.2) is 12.6 Å². The third kappa shape index (κ3) is 4.99. The fourth-order valence-corrected chi connectivity index (χ4v) is 3.70. The van der Waals surface area contributed by atoms with Gasteiger partial charge in [-0.25, -0.2) is 0 Å². The molecule has 100 valence electrons. The Balaban J connectivity index is 1.82. The fourth-order valence-electron chi connectivity index (χ4n) is 3.70. The first-order valence-corrected chi connectivity index (χ1v) is 8.20. The molecular weight excluding hydrogens is 206 g/mol. The van der Waals surface area contributed by atoms with Crippen molar-refractivity contribution in [3.8, 4) is 0 Å². The monoisotopic (exact) mass is 237 g/mol. The van der Waals surface area contributed by atoms with Crippen molar-refractivity contribution in [3.63, 3.8) is 0 Å². The Bertz CT molecular complexity index is 172. The van der Waals surface area contributed by atoms with Crippen LogP contribution in [0.2, 0.25) is 0 Å². The zero-order valence-electron chi connectivity index (χ0n) is 11.6. The van der Waals surface area contributed by atoms with Crippen molar-refractivity contribution in [2.45, 2.75) is 89.5 Å². The van der Waals surface area contributed by atoms with Crippen LogP contribution in [0, 0.1) is 5.92 Å². The van der Waals surface area contributed by atoms with Crippen molar-refractivity contribution >= 4 is 0 Å². The summed E-state index contributed by atoms with van der Waals surface area (Å²) in [6.07, 6.45) is 19.2. The quantitative estimate of drug-likeness (QED) is 0.699. The molecule has 1 atom stereocenters. The van der Waals surface area contributed by atoms with E-state index in [1.54, 1.807) is 0 Å². The smallest absolute Gasteiger partial charge is 0.00953 e. The molecule has 2 aliphatic rings. The molecule has 1 aliphatic carbocycles. The molecule has 2 fully saturated rings. The van der Waals surface area contributed by atoms with Gasteiger partial charge in [-0.1, -0.05) is 57.8 Å². The van der Waals surface area contributed by atoms with E-state index < -0.39 is 0 Å². The van der Waals surface area contributed by atoms with E-state index in [0.717, 1.165) is 12.0 Å². The molecule has 17 heavy (non-hydrogen) atoms. The highest BCUT2D eigenvalue weighted by atomic mass is 14.9. The minimum absolute atomic E-state index is 0.855. The Hall–Kier alpha value is -0.0400. The second-order valence-electron chi connectivity index (χ2n) is 6.22. The van der Waals surface area contributed by atoms with Gasteiger partial charge in [-0.3, -0.25) is 0 Å². The minimum atomic E-state index is 0.855. The highest BCUT2D eigenvalue weighted by Gasteiger charge is 2.21. The zero-order valence-corrected chi connectivity index (χ0v) is 11.6. The van der Waals surface area contributed by atoms with E-state index in [1.165, 1.54) is 90.0 Å². The highest BCUT2D eigenvalue weighted by Crippen LogP contribution is 2.27. The van der Waals surface area contributed by atoms with E-state index in [2.05, 4.69) is 5.32 Å². The summed E-state index contributed by atoms with van der Waals surface area (Å²) in [4.78, 5) is 0. The van der Waals surface area contributed by atoms with E-state index in [4.69, 9.17) is 0 Å². The van der Waals surface area contributed by atoms with E-state index in [9.17, 15) is 0 Å². The van der Waals surface area contributed by atoms with Gasteiger partial charge in [-0.05, 0) is 38.1 Å². The van der Waals surface area contributed by atoms with Crippen LogP contribution in [0.3, 0.4) is 0 Å². The number of nitrogens with one attached hydrogen (secondary N) is 1. The first kappa shape index (κ1) is 13.4. The number of hydrogen-bond donors (Lipinski definition) is 1. The summed E-state index contributed by atoms with van der Waals surface area (Å²) in [5.74, 6) is 0.992. The van der Waals surface area contributed by atoms with Crippen molar-refractivity contribution in [1.29, 1.82) is 0 Å². The Morgan fingerprint density at radius 3 is 1.76 bits per heavy atom. The van der Waals surface area contributed by atoms with E-state index in [1.807, 2.05) is 0 Å². The molecule has 1 N–H and O–H groups in total. The van der Waals surface area contributed by atoms with Crippen molar-refractivity contribution in [2.75, 3.05) is 6.54 Å². The lowest BCUT2D eigenvalue weighted by atomic mass is 9.86. The molecule has 0 amide bonds. The van der Waals surface area contributed by atoms with Gasteiger partial charge in [0.05, 0.1) is 0 Å². The molecule has 0 aromatic rings. The molecule has 0 spiro atoms. The van der Waals surface area contributed by atoms with Crippen molar-refractivity contribution in [2.24, 2.45) is 5.92 Å². The SMILES string of the molecule is C1CCCCC(C2CCCCCCN2)CCC1. The van der Waals surface area contributed by atoms with Gasteiger partial charge < -0.3 is 5.32 Å². The first-order chi connectivity index (χ1) is 8.47. The maximum atomic E-state index is 3.86. The molecule has 0 aromatic carbocycles. The maximum absolute atomic E-state index is 3.86. The lowest BCUT2D eigenvalue weighted by Crippen LogP contribution is -2.37. The van der Waals surface area contributed by atoms with Crippen LogP contribution in [0.15, 0.2) is 0 Å². The van der Waals surface area contributed by atoms with Crippen LogP contribution in [0.5, 0.6) is 0 Å². The number of rotatable bonds is 1. The summed E-state index contributed by atoms with van der Waals surface area (Å²) >= 11 is 0. The van der Waals surface area contributed by atoms with Crippen LogP contribution in [0.4, 0.5) is 0 Å². The molecule has 1 nitrogen and oxygen atoms in total. The molecule has 1 aliphatic heterocycles. The standard InChI is InChI=1S/C16H31N/c1-2-4-8-12-15(11-7-3-1)16-13-9-5-6-10-14-17-16/h15-17H,1-14H2. The van der Waals surface area contributed by atoms with Crippen molar-refractivity contribution in [1.82, 2.24) is 5.32 Å². The summed E-state index contributed by atoms with van der Waals surface area (Å²) in [5.41, 5.74) is 0. The first-order valence-electron chi connectivity index (χ1n) is 8.20. The van der Waals surface area contributed by atoms with E-state index in [0.29, 0.717) is 0 Å². The average molecular weight is 237 g/mol. The number of hydrogen-bond acceptors (Lipinski definition) is 1. The van der Waals surface area contributed by atoms with Gasteiger partial charge in [0.15, 0.2) is 0 Å². The normalized spacial score (nSPS) is 30.7. The van der Waals surface area contributed by atoms with Crippen molar-refractivity contribution < 1.29 is 0 Å². The van der Waals surface area contributed by atoms with Gasteiger partial charge in [0.1, 0.15) is 0 Å². The molecule has 2 rings (SSSR count). The lowest BCUT2D eigenvalue weighted by molar-refractivity contribution is 0.274. The van der Waals surface area contributed by atoms with Gasteiger partial charge in [-0.15, -0.1) is 0 Å². The molecule has 0 radical (unpaired) electrons. The predicted molar refractivity (Wildman–Crippen MR) is 75.3 cm³/mol. The Morgan fingerprint density at radius 1 is 0.529 bits per heavy atom. The molecule has 1 heteroatoms. The fraction of sp³-hybridized carbons (Fsp3) is 1.00. The zero-order chi connectivity index (χ0) is 11.8. The van der Waals surface area contributed by atoms with Gasteiger partial charge in [0.25, 0.3) is 0 Å². The summed E-state index contributed by atoms with van der Waals surface area (Å²) in [6.45, 7) is 1.28. The van der Waals surface area contributed by atoms with Crippen molar-refractivity contribution in [3.05, 3.63) is 0 Å². The molecule has 0 bridgehead atoms. The minimum Gasteiger partial charge on any atom is -0.314 e. The molecule has 1 heterocycles. The van der Waals surface area contributed by atoms with E-state index >= 15 is 0 Å². The molecule has 1 saturated heterocycles. The van der Waals surface area contributed by atoms with Crippen LogP contribution in [0.25, 0.3) is 0 Å². The third-order valence-electron chi connectivity index (χ3n) is 4.82. The predicted octanol–water partition coefficient (Wildman–Crippen LogP) is 4.66. The van der Waals surface area contributed by atoms with Crippen LogP contribution in [-0.2, 0) is 0 Å². The summed E-state index contributed by atoms with van der Waals surface area (Å²) in [7, 11) is 0. The topological polar surface area (TPSA) is 12.0 Å². The van der Waals surface area contributed by atoms with Crippen LogP contribution >= 0.6 is 0 Å². The lowest BCUT2D eigenvalue weighted by Gasteiger charge is -2.30. The second-order valence-corrected chi connectivity index (χ2v) is 6.22. The van der Waals surface area contributed by atoms with Crippen LogP contribution < -0.4 is 5.32 Å². The van der Waals surface area contributed by atoms with E-state index in [-0.39, 0.29) is 0 Å². The van der Waals surface area contributed by atoms with Gasteiger partial charge in [-0.2, -0.15) is 0 Å². The third-order valence-corrected chi connectivity index (χ3v) is 4.82. The summed E-state index contributed by atoms with van der Waals surface area (Å²) < 4.78 is 0. The van der Waals surface area contributed by atoms with Gasteiger partial charge >= 0.3 is 0 Å². The summed E-state index contributed by atoms with van der Waals surface area (Å²) in [5, 5.41) is 3.86.